The summed E-state index contributed by atoms with van der Waals surface area (Å²) in [4.78, 5) is 46.0. The number of nitrogens with one attached hydrogen (secondary N) is 2. The van der Waals surface area contributed by atoms with Crippen LogP contribution in [0.5, 0.6) is 11.5 Å². The Morgan fingerprint density at radius 3 is 2.61 bits per heavy atom. The summed E-state index contributed by atoms with van der Waals surface area (Å²) < 4.78 is 40.3. The van der Waals surface area contributed by atoms with Crippen molar-refractivity contribution in [1.82, 2.24) is 19.9 Å². The van der Waals surface area contributed by atoms with Gasteiger partial charge in [-0.05, 0) is 43.7 Å². The lowest BCUT2D eigenvalue weighted by atomic mass is 10.2. The molecule has 2 aromatic carbocycles. The van der Waals surface area contributed by atoms with Gasteiger partial charge in [-0.3, -0.25) is 9.32 Å². The average Bonchev–Trinajstić information content (AvgIpc) is 3.41. The maximum atomic E-state index is 13.4. The van der Waals surface area contributed by atoms with Crippen molar-refractivity contribution in [3.05, 3.63) is 59.6 Å². The van der Waals surface area contributed by atoms with Crippen molar-refractivity contribution in [2.45, 2.75) is 26.2 Å². The lowest BCUT2D eigenvalue weighted by molar-refractivity contribution is -0.115. The molecule has 13 nitrogen and oxygen atoms in total. The molecule has 0 fully saturated rings. The molecule has 0 saturated heterocycles. The van der Waals surface area contributed by atoms with Gasteiger partial charge in [-0.15, -0.1) is 11.3 Å². The van der Waals surface area contributed by atoms with Crippen LogP contribution in [0.1, 0.15) is 24.6 Å². The van der Waals surface area contributed by atoms with Crippen LogP contribution in [-0.4, -0.2) is 75.5 Å². The molecular formula is C28H34FN6O7PS. The maximum absolute atomic E-state index is 13.4. The van der Waals surface area contributed by atoms with E-state index in [2.05, 4.69) is 35.0 Å². The van der Waals surface area contributed by atoms with Crippen molar-refractivity contribution in [3.8, 4) is 11.5 Å². The van der Waals surface area contributed by atoms with Gasteiger partial charge in [-0.1, -0.05) is 13.0 Å². The van der Waals surface area contributed by atoms with Gasteiger partial charge in [-0.2, -0.15) is 0 Å². The molecule has 0 unspecified atom stereocenters. The standard InChI is InChI=1S/C28H34FN6O7PS/c1-3-35(10-6-12-42-43(37,38)39)9-5-11-41-25-16-23-22(15-24(25)40-2)27(32-18-31-23)34-28-30-17-21(44-28)14-26(36)33-20-8-4-7-19(29)13-20/h4,7-8,13,15-18H,3,5-6,9-12,14H2,1-2H3,(H,33,36)(H2,37,38,39)(H,30,31,32,34). The number of anilines is 3. The highest BCUT2D eigenvalue weighted by atomic mass is 32.1. The van der Waals surface area contributed by atoms with Gasteiger partial charge in [0.15, 0.2) is 16.6 Å². The number of aromatic nitrogens is 3. The second-order valence-corrected chi connectivity index (χ2v) is 11.9. The molecule has 0 atom stereocenters. The first-order valence-electron chi connectivity index (χ1n) is 13.8. The third-order valence-electron chi connectivity index (χ3n) is 6.34. The smallest absolute Gasteiger partial charge is 0.469 e. The summed E-state index contributed by atoms with van der Waals surface area (Å²) in [5.74, 6) is 0.827. The minimum Gasteiger partial charge on any atom is -0.493 e. The molecule has 4 N–H and O–H groups in total. The van der Waals surface area contributed by atoms with Crippen LogP contribution in [0, 0.1) is 5.82 Å². The third-order valence-corrected chi connectivity index (χ3v) is 7.78. The summed E-state index contributed by atoms with van der Waals surface area (Å²) in [5, 5.41) is 7.09. The number of phosphoric acid groups is 1. The van der Waals surface area contributed by atoms with Gasteiger partial charge in [0.2, 0.25) is 5.91 Å². The fourth-order valence-corrected chi connectivity index (χ4v) is 5.46. The topological polar surface area (TPSA) is 168 Å². The molecule has 2 aromatic heterocycles. The summed E-state index contributed by atoms with van der Waals surface area (Å²) in [6.45, 7) is 4.59. The largest absolute Gasteiger partial charge is 0.493 e. The molecule has 4 rings (SSSR count). The molecular weight excluding hydrogens is 614 g/mol. The predicted molar refractivity (Wildman–Crippen MR) is 165 cm³/mol. The maximum Gasteiger partial charge on any atom is 0.469 e. The Kier molecular flexibility index (Phi) is 11.9. The number of nitrogens with zero attached hydrogens (tertiary/aromatic N) is 4. The van der Waals surface area contributed by atoms with E-state index in [1.165, 1.54) is 35.9 Å². The van der Waals surface area contributed by atoms with Crippen LogP contribution < -0.4 is 20.1 Å². The van der Waals surface area contributed by atoms with E-state index < -0.39 is 13.6 Å². The number of amides is 1. The first kappa shape index (κ1) is 33.2. The number of phosphoric ester groups is 1. The number of thiazole rings is 1. The molecule has 0 bridgehead atoms. The number of carbonyl (C=O) groups excluding carboxylic acids is 1. The van der Waals surface area contributed by atoms with Crippen molar-refractivity contribution >= 4 is 52.6 Å². The number of hydrogen-bond donors (Lipinski definition) is 4. The Bertz CT molecular complexity index is 1600. The van der Waals surface area contributed by atoms with Gasteiger partial charge in [0.05, 0.1) is 32.3 Å². The van der Waals surface area contributed by atoms with Gasteiger partial charge < -0.3 is 34.8 Å². The van der Waals surface area contributed by atoms with Crippen LogP contribution in [0.3, 0.4) is 0 Å². The number of methoxy groups -OCH3 is 1. The van der Waals surface area contributed by atoms with Gasteiger partial charge in [-0.25, -0.2) is 23.9 Å². The zero-order chi connectivity index (χ0) is 31.5. The van der Waals surface area contributed by atoms with Crippen LogP contribution >= 0.6 is 19.2 Å². The third kappa shape index (κ3) is 10.2. The highest BCUT2D eigenvalue weighted by Crippen LogP contribution is 2.36. The first-order chi connectivity index (χ1) is 21.1. The Hall–Kier alpha value is -3.72. The van der Waals surface area contributed by atoms with Crippen LogP contribution in [0.4, 0.5) is 21.0 Å². The van der Waals surface area contributed by atoms with Gasteiger partial charge in [0.1, 0.15) is 18.0 Å². The highest BCUT2D eigenvalue weighted by molar-refractivity contribution is 7.46. The number of fused-ring (bicyclic) bond motifs is 1. The number of carbonyl (C=O) groups is 1. The van der Waals surface area contributed by atoms with E-state index in [4.69, 9.17) is 19.3 Å². The highest BCUT2D eigenvalue weighted by Gasteiger charge is 2.15. The zero-order valence-electron chi connectivity index (χ0n) is 24.2. The molecule has 0 aliphatic carbocycles. The zero-order valence-corrected chi connectivity index (χ0v) is 25.9. The number of benzene rings is 2. The van der Waals surface area contributed by atoms with Crippen molar-refractivity contribution in [1.29, 1.82) is 0 Å². The Morgan fingerprint density at radius 1 is 1.09 bits per heavy atom. The molecule has 0 radical (unpaired) electrons. The molecule has 0 saturated carbocycles. The second-order valence-electron chi connectivity index (χ2n) is 9.55. The molecule has 4 aromatic rings. The number of ether oxygens (including phenoxy) is 2. The van der Waals surface area contributed by atoms with E-state index in [9.17, 15) is 13.8 Å². The van der Waals surface area contributed by atoms with Gasteiger partial charge in [0.25, 0.3) is 0 Å². The first-order valence-corrected chi connectivity index (χ1v) is 16.1. The monoisotopic (exact) mass is 648 g/mol. The van der Waals surface area contributed by atoms with Crippen molar-refractivity contribution in [2.75, 3.05) is 50.6 Å². The summed E-state index contributed by atoms with van der Waals surface area (Å²) >= 11 is 1.30. The summed E-state index contributed by atoms with van der Waals surface area (Å²) in [5.41, 5.74) is 1.01. The lowest BCUT2D eigenvalue weighted by Crippen LogP contribution is -2.27. The van der Waals surface area contributed by atoms with Crippen LogP contribution in [0.15, 0.2) is 48.9 Å². The van der Waals surface area contributed by atoms with E-state index in [0.29, 0.717) is 63.5 Å². The molecule has 16 heteroatoms. The van der Waals surface area contributed by atoms with Crippen molar-refractivity contribution < 1.29 is 37.5 Å². The minimum absolute atomic E-state index is 0.0108. The Morgan fingerprint density at radius 2 is 1.89 bits per heavy atom. The van der Waals surface area contributed by atoms with E-state index in [0.717, 1.165) is 19.5 Å². The van der Waals surface area contributed by atoms with E-state index >= 15 is 0 Å². The van der Waals surface area contributed by atoms with Crippen molar-refractivity contribution in [2.24, 2.45) is 0 Å². The summed E-state index contributed by atoms with van der Waals surface area (Å²) in [6, 6.07) is 9.27. The average molecular weight is 649 g/mol. The van der Waals surface area contributed by atoms with E-state index in [-0.39, 0.29) is 18.9 Å². The van der Waals surface area contributed by atoms with Gasteiger partial charge >= 0.3 is 7.82 Å². The summed E-state index contributed by atoms with van der Waals surface area (Å²) in [7, 11) is -2.90. The molecule has 2 heterocycles. The van der Waals surface area contributed by atoms with Crippen LogP contribution in [0.25, 0.3) is 10.9 Å². The second kappa shape index (κ2) is 15.8. The number of hydrogen-bond acceptors (Lipinski definition) is 11. The molecule has 0 aliphatic heterocycles. The predicted octanol–water partition coefficient (Wildman–Crippen LogP) is 4.75. The molecule has 0 spiro atoms. The quantitative estimate of drug-likeness (QED) is 0.0918. The molecule has 0 aliphatic rings. The lowest BCUT2D eigenvalue weighted by Gasteiger charge is -2.20. The fraction of sp³-hybridized carbons (Fsp3) is 0.357. The minimum atomic E-state index is -4.44. The van der Waals surface area contributed by atoms with Crippen LogP contribution in [-0.2, 0) is 20.3 Å². The van der Waals surface area contributed by atoms with Crippen LogP contribution in [0.2, 0.25) is 0 Å². The molecule has 1 amide bonds. The van der Waals surface area contributed by atoms with Crippen molar-refractivity contribution in [3.63, 3.8) is 0 Å². The van der Waals surface area contributed by atoms with Gasteiger partial charge in [0, 0.05) is 41.3 Å². The van der Waals surface area contributed by atoms with E-state index in [1.807, 2.05) is 6.92 Å². The normalized spacial score (nSPS) is 11.6. The number of rotatable bonds is 17. The SMILES string of the molecule is CCN(CCCOc1cc2ncnc(Nc3ncc(CC(=O)Nc4cccc(F)c4)s3)c2cc1OC)CCCOP(=O)(O)O. The molecule has 236 valence electrons. The molecule has 44 heavy (non-hydrogen) atoms. The van der Waals surface area contributed by atoms with E-state index in [1.54, 1.807) is 31.5 Å². The fourth-order valence-electron chi connectivity index (χ4n) is 4.28. The number of halogens is 1. The Balaban J connectivity index is 1.33. The summed E-state index contributed by atoms with van der Waals surface area (Å²) in [6.07, 6.45) is 4.33. The Labute approximate surface area is 257 Å².